The molecule has 9 heteroatoms. The van der Waals surface area contributed by atoms with E-state index in [0.29, 0.717) is 12.3 Å². The summed E-state index contributed by atoms with van der Waals surface area (Å²) in [5, 5.41) is 9.74. The summed E-state index contributed by atoms with van der Waals surface area (Å²) in [5.41, 5.74) is 2.15. The second-order valence-corrected chi connectivity index (χ2v) is 16.8. The molecule has 5 rings (SSSR count). The number of benzene rings is 2. The number of allylic oxidation sites excluding steroid dienone is 1. The van der Waals surface area contributed by atoms with Gasteiger partial charge < -0.3 is 24.3 Å². The molecule has 3 heterocycles. The summed E-state index contributed by atoms with van der Waals surface area (Å²) < 4.78 is 12.6. The second kappa shape index (κ2) is 10.4. The van der Waals surface area contributed by atoms with Crippen LogP contribution in [0.25, 0.3) is 5.57 Å². The van der Waals surface area contributed by atoms with E-state index < -0.39 is 31.5 Å². The maximum absolute atomic E-state index is 14.7. The van der Waals surface area contributed by atoms with E-state index in [9.17, 15) is 19.5 Å². The van der Waals surface area contributed by atoms with Gasteiger partial charge in [0.05, 0.1) is 37.5 Å². The Balaban J connectivity index is 1.58. The Morgan fingerprint density at radius 3 is 2.49 bits per heavy atom. The summed E-state index contributed by atoms with van der Waals surface area (Å²) in [6.07, 6.45) is 1.42. The third kappa shape index (κ3) is 4.72. The van der Waals surface area contributed by atoms with Gasteiger partial charge in [-0.2, -0.15) is 0 Å². The van der Waals surface area contributed by atoms with Crippen molar-refractivity contribution in [2.24, 2.45) is 5.92 Å². The monoisotopic (exact) mass is 578 g/mol. The average Bonchev–Trinajstić information content (AvgIpc) is 3.34. The number of hydrogen-bond donors (Lipinski definition) is 2. The number of amides is 2. The highest BCUT2D eigenvalue weighted by Crippen LogP contribution is 2.63. The van der Waals surface area contributed by atoms with Gasteiger partial charge in [0.15, 0.2) is 13.9 Å². The van der Waals surface area contributed by atoms with Crippen LogP contribution in [0.15, 0.2) is 48.5 Å². The van der Waals surface area contributed by atoms with Crippen molar-refractivity contribution in [3.05, 3.63) is 65.2 Å². The Labute approximate surface area is 243 Å². The Morgan fingerprint density at radius 1 is 1.20 bits per heavy atom. The fourth-order valence-electron chi connectivity index (χ4n) is 7.46. The number of ether oxygens (including phenoxy) is 2. The first-order valence-electron chi connectivity index (χ1n) is 14.4. The number of carbonyl (C=O) groups is 2. The van der Waals surface area contributed by atoms with E-state index in [4.69, 9.17) is 9.47 Å². The molecule has 2 aromatic rings. The molecule has 0 saturated carbocycles. The minimum Gasteiger partial charge on any atom is -0.497 e. The molecule has 4 atom stereocenters. The minimum atomic E-state index is -2.95. The number of carbonyl (C=O) groups excluding carboxylic acids is 2. The molecule has 1 spiro atoms. The topological polar surface area (TPSA) is 99.5 Å². The lowest BCUT2D eigenvalue weighted by atomic mass is 9.81. The number of aliphatic hydroxyl groups excluding tert-OH is 1. The second-order valence-electron chi connectivity index (χ2n) is 12.8. The van der Waals surface area contributed by atoms with Gasteiger partial charge in [-0.15, -0.1) is 0 Å². The van der Waals surface area contributed by atoms with Crippen molar-refractivity contribution in [3.63, 3.8) is 0 Å². The van der Waals surface area contributed by atoms with Crippen LogP contribution in [-0.2, 0) is 26.5 Å². The number of rotatable bonds is 8. The van der Waals surface area contributed by atoms with E-state index >= 15 is 0 Å². The van der Waals surface area contributed by atoms with E-state index in [1.165, 1.54) is 0 Å². The van der Waals surface area contributed by atoms with Gasteiger partial charge in [-0.05, 0) is 57.1 Å². The molecular weight excluding hydrogens is 536 g/mol. The number of hydrogen-bond acceptors (Lipinski definition) is 6. The SMILES string of the molecule is COc1cc2c3c(c1)[C@]1(O[C@@H](CC(=O)N(CCO)Cc4ccccc4)[C@H]([Si](C)(C)O)[C@H]1C)C(=O)N3C(C)(C)C=C2C. The molecule has 0 aliphatic carbocycles. The third-order valence-corrected chi connectivity index (χ3v) is 11.6. The molecule has 3 aliphatic heterocycles. The van der Waals surface area contributed by atoms with Gasteiger partial charge in [-0.1, -0.05) is 43.3 Å². The molecule has 3 aliphatic rings. The van der Waals surface area contributed by atoms with Crippen LogP contribution < -0.4 is 9.64 Å². The Morgan fingerprint density at radius 2 is 1.88 bits per heavy atom. The van der Waals surface area contributed by atoms with Crippen molar-refractivity contribution in [2.45, 2.75) is 76.5 Å². The number of anilines is 1. The fraction of sp³-hybridized carbons (Fsp3) is 0.500. The lowest BCUT2D eigenvalue weighted by Crippen LogP contribution is -2.53. The fourth-order valence-corrected chi connectivity index (χ4v) is 10.0. The highest BCUT2D eigenvalue weighted by Gasteiger charge is 2.68. The summed E-state index contributed by atoms with van der Waals surface area (Å²) in [4.78, 5) is 43.5. The molecule has 41 heavy (non-hydrogen) atoms. The zero-order valence-corrected chi connectivity index (χ0v) is 26.1. The van der Waals surface area contributed by atoms with Gasteiger partial charge in [0.25, 0.3) is 5.91 Å². The van der Waals surface area contributed by atoms with Gasteiger partial charge in [0.2, 0.25) is 5.91 Å². The zero-order valence-electron chi connectivity index (χ0n) is 25.1. The zero-order chi connectivity index (χ0) is 29.9. The van der Waals surface area contributed by atoms with Crippen molar-refractivity contribution in [1.29, 1.82) is 0 Å². The number of methoxy groups -OCH3 is 1. The maximum atomic E-state index is 14.7. The first-order chi connectivity index (χ1) is 19.3. The lowest BCUT2D eigenvalue weighted by molar-refractivity contribution is -0.150. The van der Waals surface area contributed by atoms with Crippen LogP contribution >= 0.6 is 0 Å². The van der Waals surface area contributed by atoms with Crippen LogP contribution in [0, 0.1) is 5.92 Å². The average molecular weight is 579 g/mol. The van der Waals surface area contributed by atoms with Crippen LogP contribution in [0.2, 0.25) is 18.6 Å². The Kier molecular flexibility index (Phi) is 7.47. The van der Waals surface area contributed by atoms with Gasteiger partial charge >= 0.3 is 0 Å². The normalized spacial score (nSPS) is 26.3. The molecule has 0 unspecified atom stereocenters. The number of nitrogens with zero attached hydrogens (tertiary/aromatic N) is 2. The van der Waals surface area contributed by atoms with Gasteiger partial charge in [-0.25, -0.2) is 0 Å². The summed E-state index contributed by atoms with van der Waals surface area (Å²) in [7, 11) is -1.34. The first kappa shape index (κ1) is 29.5. The van der Waals surface area contributed by atoms with Crippen molar-refractivity contribution in [3.8, 4) is 5.75 Å². The molecule has 0 radical (unpaired) electrons. The summed E-state index contributed by atoms with van der Waals surface area (Å²) in [6.45, 7) is 12.1. The molecule has 1 fully saturated rings. The number of fused-ring (bicyclic) bond motifs is 1. The third-order valence-electron chi connectivity index (χ3n) is 9.08. The lowest BCUT2D eigenvalue weighted by Gasteiger charge is -2.39. The van der Waals surface area contributed by atoms with Crippen molar-refractivity contribution >= 4 is 31.4 Å². The summed E-state index contributed by atoms with van der Waals surface area (Å²) >= 11 is 0. The molecule has 8 nitrogen and oxygen atoms in total. The molecule has 0 bridgehead atoms. The van der Waals surface area contributed by atoms with Gasteiger partial charge in [-0.3, -0.25) is 14.5 Å². The molecular formula is C32H42N2O6Si. The van der Waals surface area contributed by atoms with E-state index in [2.05, 4.69) is 6.08 Å². The van der Waals surface area contributed by atoms with Crippen molar-refractivity contribution < 1.29 is 29.0 Å². The first-order valence-corrected chi connectivity index (χ1v) is 17.4. The van der Waals surface area contributed by atoms with E-state index in [0.717, 1.165) is 28.0 Å². The largest absolute Gasteiger partial charge is 0.497 e. The highest BCUT2D eigenvalue weighted by atomic mass is 28.4. The van der Waals surface area contributed by atoms with E-state index in [-0.39, 0.29) is 36.9 Å². The van der Waals surface area contributed by atoms with Crippen LogP contribution in [0.3, 0.4) is 0 Å². The minimum absolute atomic E-state index is 0.000684. The van der Waals surface area contributed by atoms with Crippen LogP contribution in [0.1, 0.15) is 50.8 Å². The maximum Gasteiger partial charge on any atom is 0.265 e. The number of aliphatic hydroxyl groups is 1. The highest BCUT2D eigenvalue weighted by molar-refractivity contribution is 6.71. The Bertz CT molecular complexity index is 1380. The molecule has 1 saturated heterocycles. The summed E-state index contributed by atoms with van der Waals surface area (Å²) in [6, 6.07) is 13.5. The molecule has 2 aromatic carbocycles. The summed E-state index contributed by atoms with van der Waals surface area (Å²) in [5.74, 6) is -0.114. The van der Waals surface area contributed by atoms with Crippen LogP contribution in [0.5, 0.6) is 5.75 Å². The van der Waals surface area contributed by atoms with Crippen molar-refractivity contribution in [1.82, 2.24) is 4.90 Å². The van der Waals surface area contributed by atoms with E-state index in [1.807, 2.05) is 88.2 Å². The predicted molar refractivity (Wildman–Crippen MR) is 161 cm³/mol. The standard InChI is InChI=1S/C32H42N2O6Si/c1-20-18-31(3,4)34-28-24(20)15-23(39-5)16-25(28)32(30(34)37)21(2)29(41(6,7)38)26(40-32)17-27(36)33(13-14-35)19-22-11-9-8-10-12-22/h8-12,15-16,18,21,26,29,35,38H,13-14,17,19H2,1-7H3/t21-,26+,29-,32+/m1/s1. The van der Waals surface area contributed by atoms with Gasteiger partial charge in [0, 0.05) is 35.7 Å². The molecule has 2 amide bonds. The molecule has 0 aromatic heterocycles. The molecule has 2 N–H and O–H groups in total. The molecule has 220 valence electrons. The van der Waals surface area contributed by atoms with Gasteiger partial charge in [0.1, 0.15) is 5.75 Å². The van der Waals surface area contributed by atoms with Crippen LogP contribution in [0.4, 0.5) is 5.69 Å². The quantitative estimate of drug-likeness (QED) is 0.449. The van der Waals surface area contributed by atoms with Crippen LogP contribution in [-0.4, -0.2) is 66.8 Å². The Hall–Kier alpha value is -2.98. The predicted octanol–water partition coefficient (Wildman–Crippen LogP) is 4.45. The van der Waals surface area contributed by atoms with E-state index in [1.54, 1.807) is 12.0 Å². The van der Waals surface area contributed by atoms with Crippen molar-refractivity contribution in [2.75, 3.05) is 25.2 Å². The smallest absolute Gasteiger partial charge is 0.265 e.